The highest BCUT2D eigenvalue weighted by Gasteiger charge is 2.27. The van der Waals surface area contributed by atoms with Gasteiger partial charge >= 0.3 is 0 Å². The quantitative estimate of drug-likeness (QED) is 0.491. The molecule has 8 heteroatoms. The Morgan fingerprint density at radius 2 is 1.65 bits per heavy atom. The van der Waals surface area contributed by atoms with Crippen molar-refractivity contribution in [1.82, 2.24) is 19.0 Å². The van der Waals surface area contributed by atoms with Crippen molar-refractivity contribution >= 4 is 15.9 Å². The van der Waals surface area contributed by atoms with Crippen molar-refractivity contribution in [2.75, 3.05) is 20.1 Å². The van der Waals surface area contributed by atoms with Crippen LogP contribution in [0.25, 0.3) is 5.69 Å². The molecule has 1 aliphatic heterocycles. The number of rotatable bonds is 8. The Hall–Kier alpha value is -2.97. The van der Waals surface area contributed by atoms with Gasteiger partial charge in [-0.15, -0.1) is 0 Å². The lowest BCUT2D eigenvalue weighted by atomic mass is 10.1. The van der Waals surface area contributed by atoms with E-state index in [0.29, 0.717) is 37.4 Å². The van der Waals surface area contributed by atoms with Crippen LogP contribution in [0.4, 0.5) is 0 Å². The summed E-state index contributed by atoms with van der Waals surface area (Å²) in [5.74, 6) is 0.0417. The van der Waals surface area contributed by atoms with Crippen LogP contribution >= 0.6 is 0 Å². The molecular weight excluding hydrogens is 448 g/mol. The van der Waals surface area contributed by atoms with Crippen molar-refractivity contribution < 1.29 is 13.2 Å². The van der Waals surface area contributed by atoms with E-state index < -0.39 is 10.0 Å². The summed E-state index contributed by atoms with van der Waals surface area (Å²) in [6, 6.07) is 16.9. The second-order valence-corrected chi connectivity index (χ2v) is 10.8. The fraction of sp³-hybridized carbons (Fsp3) is 0.385. The zero-order valence-electron chi connectivity index (χ0n) is 20.1. The molecule has 1 aromatic heterocycles. The van der Waals surface area contributed by atoms with Gasteiger partial charge in [0.05, 0.1) is 16.3 Å². The predicted molar refractivity (Wildman–Crippen MR) is 132 cm³/mol. The lowest BCUT2D eigenvalue weighted by Crippen LogP contribution is -2.28. The molecular formula is C26H32N4O3S. The first-order valence-electron chi connectivity index (χ1n) is 11.7. The monoisotopic (exact) mass is 480 g/mol. The molecule has 2 heterocycles. The molecule has 0 bridgehead atoms. The first-order valence-corrected chi connectivity index (χ1v) is 13.1. The molecule has 7 nitrogen and oxygen atoms in total. The van der Waals surface area contributed by atoms with E-state index in [9.17, 15) is 13.2 Å². The number of benzene rings is 2. The van der Waals surface area contributed by atoms with Gasteiger partial charge in [0.1, 0.15) is 0 Å². The summed E-state index contributed by atoms with van der Waals surface area (Å²) in [5.41, 5.74) is 4.94. The minimum Gasteiger partial charge on any atom is -0.341 e. The minimum atomic E-state index is -3.41. The Kier molecular flexibility index (Phi) is 7.19. The third-order valence-electron chi connectivity index (χ3n) is 6.52. The number of sulfonamides is 1. The highest BCUT2D eigenvalue weighted by Crippen LogP contribution is 2.22. The summed E-state index contributed by atoms with van der Waals surface area (Å²) >= 11 is 0. The van der Waals surface area contributed by atoms with Gasteiger partial charge in [-0.3, -0.25) is 4.79 Å². The van der Waals surface area contributed by atoms with E-state index in [1.54, 1.807) is 21.3 Å². The van der Waals surface area contributed by atoms with Gasteiger partial charge in [0.25, 0.3) is 0 Å². The Balaban J connectivity index is 1.36. The fourth-order valence-electron chi connectivity index (χ4n) is 4.40. The van der Waals surface area contributed by atoms with Gasteiger partial charge in [-0.1, -0.05) is 30.3 Å². The van der Waals surface area contributed by atoms with Crippen LogP contribution in [-0.2, 0) is 27.8 Å². The van der Waals surface area contributed by atoms with Gasteiger partial charge in [-0.25, -0.2) is 13.1 Å². The average Bonchev–Trinajstić information content (AvgIpc) is 3.48. The molecule has 0 aliphatic carbocycles. The van der Waals surface area contributed by atoms with Crippen LogP contribution in [0.15, 0.2) is 59.5 Å². The molecule has 1 saturated heterocycles. The van der Waals surface area contributed by atoms with E-state index >= 15 is 0 Å². The van der Waals surface area contributed by atoms with Crippen LogP contribution in [0.3, 0.4) is 0 Å². The van der Waals surface area contributed by atoms with Gasteiger partial charge in [-0.2, -0.15) is 9.40 Å². The van der Waals surface area contributed by atoms with Gasteiger partial charge in [0.15, 0.2) is 0 Å². The van der Waals surface area contributed by atoms with Crippen molar-refractivity contribution in [3.63, 3.8) is 0 Å². The van der Waals surface area contributed by atoms with Gasteiger partial charge in [0.2, 0.25) is 15.9 Å². The average molecular weight is 481 g/mol. The maximum absolute atomic E-state index is 12.8. The van der Waals surface area contributed by atoms with Crippen molar-refractivity contribution in [3.8, 4) is 5.69 Å². The molecule has 0 spiro atoms. The Bertz CT molecular complexity index is 1250. The van der Waals surface area contributed by atoms with Crippen LogP contribution in [0.1, 0.15) is 41.8 Å². The van der Waals surface area contributed by atoms with Gasteiger partial charge in [0, 0.05) is 44.4 Å². The van der Waals surface area contributed by atoms with Crippen molar-refractivity contribution in [2.24, 2.45) is 0 Å². The summed E-state index contributed by atoms with van der Waals surface area (Å²) in [7, 11) is -1.60. The molecule has 1 aliphatic rings. The van der Waals surface area contributed by atoms with E-state index in [-0.39, 0.29) is 5.91 Å². The molecule has 2 aromatic carbocycles. The largest absolute Gasteiger partial charge is 0.341 e. The standard InChI is InChI=1S/C26H32N4O3S/c1-20-25(21(2)30(27-20)23-9-5-4-6-10-23)19-28(3)26(31)16-13-22-11-14-24(15-12-22)34(32,33)29-17-7-8-18-29/h4-6,9-12,14-15H,7-8,13,16-19H2,1-3H3. The summed E-state index contributed by atoms with van der Waals surface area (Å²) in [6.07, 6.45) is 2.76. The Morgan fingerprint density at radius 1 is 1.00 bits per heavy atom. The number of hydrogen-bond donors (Lipinski definition) is 0. The van der Waals surface area contributed by atoms with Gasteiger partial charge < -0.3 is 4.90 Å². The maximum Gasteiger partial charge on any atom is 0.243 e. The number of carbonyl (C=O) groups is 1. The Morgan fingerprint density at radius 3 is 2.29 bits per heavy atom. The lowest BCUT2D eigenvalue weighted by Gasteiger charge is -2.18. The molecule has 0 saturated carbocycles. The summed E-state index contributed by atoms with van der Waals surface area (Å²) in [4.78, 5) is 14.9. The highest BCUT2D eigenvalue weighted by atomic mass is 32.2. The van der Waals surface area contributed by atoms with Crippen molar-refractivity contribution in [1.29, 1.82) is 0 Å². The fourth-order valence-corrected chi connectivity index (χ4v) is 5.91. The molecule has 180 valence electrons. The van der Waals surface area contributed by atoms with Crippen LogP contribution < -0.4 is 0 Å². The van der Waals surface area contributed by atoms with Crippen LogP contribution in [-0.4, -0.2) is 53.4 Å². The number of hydrogen-bond acceptors (Lipinski definition) is 4. The van der Waals surface area contributed by atoms with E-state index in [1.807, 2.05) is 68.0 Å². The predicted octanol–water partition coefficient (Wildman–Crippen LogP) is 3.86. The normalized spacial score (nSPS) is 14.4. The molecule has 3 aromatic rings. The summed E-state index contributed by atoms with van der Waals surface area (Å²) < 4.78 is 28.8. The smallest absolute Gasteiger partial charge is 0.243 e. The zero-order chi connectivity index (χ0) is 24.3. The van der Waals surface area contributed by atoms with Crippen molar-refractivity contribution in [2.45, 2.75) is 51.0 Å². The van der Waals surface area contributed by atoms with E-state index in [1.165, 1.54) is 0 Å². The number of aromatic nitrogens is 2. The van der Waals surface area contributed by atoms with Crippen LogP contribution in [0.2, 0.25) is 0 Å². The minimum absolute atomic E-state index is 0.0417. The second kappa shape index (κ2) is 10.1. The Labute approximate surface area is 202 Å². The number of carbonyl (C=O) groups excluding carboxylic acids is 1. The zero-order valence-corrected chi connectivity index (χ0v) is 20.9. The third-order valence-corrected chi connectivity index (χ3v) is 8.43. The van der Waals surface area contributed by atoms with Crippen LogP contribution in [0, 0.1) is 13.8 Å². The van der Waals surface area contributed by atoms with Gasteiger partial charge in [-0.05, 0) is 62.9 Å². The number of nitrogens with zero attached hydrogens (tertiary/aromatic N) is 4. The third kappa shape index (κ3) is 5.08. The number of amides is 1. The maximum atomic E-state index is 12.8. The van der Waals surface area contributed by atoms with Crippen LogP contribution in [0.5, 0.6) is 0 Å². The molecule has 0 N–H and O–H groups in total. The first kappa shape index (κ1) is 24.2. The van der Waals surface area contributed by atoms with Crippen molar-refractivity contribution in [3.05, 3.63) is 77.1 Å². The summed E-state index contributed by atoms with van der Waals surface area (Å²) in [5, 5.41) is 4.67. The molecule has 4 rings (SSSR count). The molecule has 1 amide bonds. The first-order chi connectivity index (χ1) is 16.3. The molecule has 34 heavy (non-hydrogen) atoms. The van der Waals surface area contributed by atoms with E-state index in [2.05, 4.69) is 5.10 Å². The highest BCUT2D eigenvalue weighted by molar-refractivity contribution is 7.89. The lowest BCUT2D eigenvalue weighted by molar-refractivity contribution is -0.130. The SMILES string of the molecule is Cc1nn(-c2ccccc2)c(C)c1CN(C)C(=O)CCc1ccc(S(=O)(=O)N2CCCC2)cc1. The number of aryl methyl sites for hydroxylation is 2. The molecule has 1 fully saturated rings. The molecule has 0 unspecified atom stereocenters. The molecule has 0 radical (unpaired) electrons. The topological polar surface area (TPSA) is 75.5 Å². The van der Waals surface area contributed by atoms with E-state index in [4.69, 9.17) is 0 Å². The number of para-hydroxylation sites is 1. The van der Waals surface area contributed by atoms with E-state index in [0.717, 1.165) is 41.0 Å². The molecule has 0 atom stereocenters. The summed E-state index contributed by atoms with van der Waals surface area (Å²) in [6.45, 7) is 5.68. The second-order valence-electron chi connectivity index (χ2n) is 8.90.